The number of ether oxygens (including phenoxy) is 1. The molecule has 3 N–H and O–H groups in total. The minimum Gasteiger partial charge on any atom is -0.496 e. The number of rotatable bonds is 7. The highest BCUT2D eigenvalue weighted by atomic mass is 16.5. The van der Waals surface area contributed by atoms with Crippen molar-refractivity contribution in [2.75, 3.05) is 26.8 Å². The monoisotopic (exact) mass is 293 g/mol. The first-order chi connectivity index (χ1) is 10.1. The molecule has 0 radical (unpaired) electrons. The summed E-state index contributed by atoms with van der Waals surface area (Å²) < 4.78 is 5.39. The second-order valence-electron chi connectivity index (χ2n) is 5.18. The minimum absolute atomic E-state index is 0.165. The van der Waals surface area contributed by atoms with Crippen LogP contribution in [-0.2, 0) is 6.54 Å². The molecule has 0 fully saturated rings. The molecule has 0 aliphatic heterocycles. The Kier molecular flexibility index (Phi) is 7.61. The zero-order valence-corrected chi connectivity index (χ0v) is 13.4. The Hall–Kier alpha value is -1.75. The summed E-state index contributed by atoms with van der Waals surface area (Å²) in [7, 11) is 1.67. The number of aliphatic hydroxyl groups is 1. The molecule has 5 heteroatoms. The maximum absolute atomic E-state index is 9.06. The van der Waals surface area contributed by atoms with Crippen LogP contribution >= 0.6 is 0 Å². The highest BCUT2D eigenvalue weighted by molar-refractivity contribution is 5.79. The van der Waals surface area contributed by atoms with Crippen LogP contribution in [0.5, 0.6) is 5.75 Å². The van der Waals surface area contributed by atoms with Crippen molar-refractivity contribution >= 4 is 5.96 Å². The van der Waals surface area contributed by atoms with E-state index in [9.17, 15) is 0 Å². The first kappa shape index (κ1) is 17.3. The maximum Gasteiger partial charge on any atom is 0.191 e. The molecule has 1 aromatic rings. The van der Waals surface area contributed by atoms with Crippen LogP contribution in [0.25, 0.3) is 0 Å². The molecule has 0 saturated carbocycles. The van der Waals surface area contributed by atoms with Crippen molar-refractivity contribution in [1.29, 1.82) is 0 Å². The minimum atomic E-state index is 0.165. The summed E-state index contributed by atoms with van der Waals surface area (Å²) in [6.07, 6.45) is 0. The zero-order valence-electron chi connectivity index (χ0n) is 13.4. The summed E-state index contributed by atoms with van der Waals surface area (Å²) in [5, 5.41) is 15.5. The largest absolute Gasteiger partial charge is 0.496 e. The molecule has 1 rings (SSSR count). The van der Waals surface area contributed by atoms with Gasteiger partial charge in [0.15, 0.2) is 5.96 Å². The lowest BCUT2D eigenvalue weighted by Crippen LogP contribution is -2.39. The number of methoxy groups -OCH3 is 1. The SMILES string of the molecule is CCNC(=NCc1ccc(C)cc1OC)NCC(C)CO. The molecule has 1 atom stereocenters. The predicted octanol–water partition coefficient (Wildman–Crippen LogP) is 1.69. The smallest absolute Gasteiger partial charge is 0.191 e. The Balaban J connectivity index is 2.73. The van der Waals surface area contributed by atoms with Crippen molar-refractivity contribution < 1.29 is 9.84 Å². The van der Waals surface area contributed by atoms with Crippen LogP contribution in [0.15, 0.2) is 23.2 Å². The fourth-order valence-electron chi connectivity index (χ4n) is 1.82. The molecule has 118 valence electrons. The summed E-state index contributed by atoms with van der Waals surface area (Å²) in [5.41, 5.74) is 2.22. The van der Waals surface area contributed by atoms with E-state index in [2.05, 4.69) is 21.7 Å². The number of hydrogen-bond acceptors (Lipinski definition) is 3. The number of aliphatic hydroxyl groups excluding tert-OH is 1. The van der Waals surface area contributed by atoms with Crippen LogP contribution in [0.3, 0.4) is 0 Å². The average molecular weight is 293 g/mol. The van der Waals surface area contributed by atoms with Gasteiger partial charge in [0.05, 0.1) is 13.7 Å². The van der Waals surface area contributed by atoms with E-state index in [1.807, 2.05) is 32.9 Å². The average Bonchev–Trinajstić information content (AvgIpc) is 2.50. The fourth-order valence-corrected chi connectivity index (χ4v) is 1.82. The fraction of sp³-hybridized carbons (Fsp3) is 0.562. The van der Waals surface area contributed by atoms with Crippen LogP contribution in [0.4, 0.5) is 0 Å². The van der Waals surface area contributed by atoms with Gasteiger partial charge in [0.2, 0.25) is 0 Å². The standard InChI is InChI=1S/C16H27N3O2/c1-5-17-16(18-9-13(3)11-20)19-10-14-7-6-12(2)8-15(14)21-4/h6-8,13,20H,5,9-11H2,1-4H3,(H2,17,18,19). The summed E-state index contributed by atoms with van der Waals surface area (Å²) in [4.78, 5) is 4.56. The molecule has 21 heavy (non-hydrogen) atoms. The van der Waals surface area contributed by atoms with Crippen LogP contribution < -0.4 is 15.4 Å². The van der Waals surface area contributed by atoms with Crippen molar-refractivity contribution in [2.24, 2.45) is 10.9 Å². The Morgan fingerprint density at radius 1 is 1.38 bits per heavy atom. The van der Waals surface area contributed by atoms with Crippen LogP contribution in [0, 0.1) is 12.8 Å². The van der Waals surface area contributed by atoms with E-state index in [1.165, 1.54) is 5.56 Å². The molecular formula is C16H27N3O2. The second kappa shape index (κ2) is 9.23. The molecular weight excluding hydrogens is 266 g/mol. The number of aryl methyl sites for hydroxylation is 1. The van der Waals surface area contributed by atoms with Crippen molar-refractivity contribution in [3.63, 3.8) is 0 Å². The molecule has 0 amide bonds. The van der Waals surface area contributed by atoms with Crippen LogP contribution in [-0.4, -0.2) is 37.9 Å². The normalized spacial score (nSPS) is 12.9. The maximum atomic E-state index is 9.06. The molecule has 0 aromatic heterocycles. The van der Waals surface area contributed by atoms with Crippen LogP contribution in [0.2, 0.25) is 0 Å². The zero-order chi connectivity index (χ0) is 15.7. The van der Waals surface area contributed by atoms with Crippen molar-refractivity contribution in [2.45, 2.75) is 27.3 Å². The molecule has 0 spiro atoms. The number of nitrogens with one attached hydrogen (secondary N) is 2. The van der Waals surface area contributed by atoms with Gasteiger partial charge in [0, 0.05) is 25.3 Å². The van der Waals surface area contributed by atoms with E-state index >= 15 is 0 Å². The number of aliphatic imine (C=N–C) groups is 1. The quantitative estimate of drug-likeness (QED) is 0.529. The molecule has 1 aromatic carbocycles. The molecule has 0 bridgehead atoms. The topological polar surface area (TPSA) is 65.9 Å². The highest BCUT2D eigenvalue weighted by Crippen LogP contribution is 2.20. The molecule has 0 aliphatic rings. The van der Waals surface area contributed by atoms with Gasteiger partial charge in [0.1, 0.15) is 5.75 Å². The Bertz CT molecular complexity index is 461. The number of hydrogen-bond donors (Lipinski definition) is 3. The van der Waals surface area contributed by atoms with Gasteiger partial charge in [-0.2, -0.15) is 0 Å². The van der Waals surface area contributed by atoms with Gasteiger partial charge in [-0.25, -0.2) is 4.99 Å². The van der Waals surface area contributed by atoms with E-state index < -0.39 is 0 Å². The summed E-state index contributed by atoms with van der Waals surface area (Å²) in [6, 6.07) is 6.11. The summed E-state index contributed by atoms with van der Waals surface area (Å²) in [5.74, 6) is 1.81. The Morgan fingerprint density at radius 3 is 2.76 bits per heavy atom. The highest BCUT2D eigenvalue weighted by Gasteiger charge is 2.05. The van der Waals surface area contributed by atoms with Gasteiger partial charge in [-0.1, -0.05) is 19.1 Å². The van der Waals surface area contributed by atoms with Crippen molar-refractivity contribution in [3.05, 3.63) is 29.3 Å². The third-order valence-electron chi connectivity index (χ3n) is 3.12. The molecule has 5 nitrogen and oxygen atoms in total. The molecule has 1 unspecified atom stereocenters. The van der Waals surface area contributed by atoms with E-state index in [0.29, 0.717) is 13.1 Å². The third-order valence-corrected chi connectivity index (χ3v) is 3.12. The third kappa shape index (κ3) is 6.04. The number of benzene rings is 1. The van der Waals surface area contributed by atoms with E-state index in [-0.39, 0.29) is 12.5 Å². The lowest BCUT2D eigenvalue weighted by molar-refractivity contribution is 0.238. The van der Waals surface area contributed by atoms with Crippen LogP contribution in [0.1, 0.15) is 25.0 Å². The molecule has 0 heterocycles. The number of nitrogens with zero attached hydrogens (tertiary/aromatic N) is 1. The van der Waals surface area contributed by atoms with Gasteiger partial charge < -0.3 is 20.5 Å². The van der Waals surface area contributed by atoms with Gasteiger partial charge in [-0.15, -0.1) is 0 Å². The lowest BCUT2D eigenvalue weighted by Gasteiger charge is -2.14. The van der Waals surface area contributed by atoms with E-state index in [0.717, 1.165) is 23.8 Å². The first-order valence-electron chi connectivity index (χ1n) is 7.37. The second-order valence-corrected chi connectivity index (χ2v) is 5.18. The summed E-state index contributed by atoms with van der Waals surface area (Å²) >= 11 is 0. The van der Waals surface area contributed by atoms with Gasteiger partial charge in [-0.05, 0) is 31.4 Å². The van der Waals surface area contributed by atoms with Crippen molar-refractivity contribution in [1.82, 2.24) is 10.6 Å². The Morgan fingerprint density at radius 2 is 2.14 bits per heavy atom. The lowest BCUT2D eigenvalue weighted by atomic mass is 10.1. The van der Waals surface area contributed by atoms with Gasteiger partial charge in [-0.3, -0.25) is 0 Å². The van der Waals surface area contributed by atoms with Gasteiger partial charge >= 0.3 is 0 Å². The van der Waals surface area contributed by atoms with E-state index in [1.54, 1.807) is 7.11 Å². The van der Waals surface area contributed by atoms with E-state index in [4.69, 9.17) is 9.84 Å². The Labute approximate surface area is 127 Å². The number of guanidine groups is 1. The van der Waals surface area contributed by atoms with Crippen molar-refractivity contribution in [3.8, 4) is 5.75 Å². The van der Waals surface area contributed by atoms with Gasteiger partial charge in [0.25, 0.3) is 0 Å². The molecule has 0 saturated heterocycles. The predicted molar refractivity (Wildman–Crippen MR) is 86.8 cm³/mol. The first-order valence-corrected chi connectivity index (χ1v) is 7.37. The molecule has 0 aliphatic carbocycles. The summed E-state index contributed by atoms with van der Waals surface area (Å²) in [6.45, 7) is 8.25.